The SMILES string of the molecule is Cc1c(OCC#Cc2ccccc2)ccc2c1O/C(=C\C(C)(C)C)c1nc3ccccc3nc1-2. The van der Waals surface area contributed by atoms with Crippen LogP contribution in [0.5, 0.6) is 11.5 Å². The number of nitrogens with zero attached hydrogens (tertiary/aromatic N) is 2. The molecule has 34 heavy (non-hydrogen) atoms. The third-order valence-electron chi connectivity index (χ3n) is 5.50. The summed E-state index contributed by atoms with van der Waals surface area (Å²) in [6.45, 7) is 8.73. The Kier molecular flexibility index (Phi) is 5.55. The second-order valence-corrected chi connectivity index (χ2v) is 9.41. The van der Waals surface area contributed by atoms with E-state index in [0.717, 1.165) is 56.4 Å². The van der Waals surface area contributed by atoms with Crippen LogP contribution in [0.4, 0.5) is 0 Å². The van der Waals surface area contributed by atoms with E-state index in [1.165, 1.54) is 0 Å². The molecule has 0 spiro atoms. The topological polar surface area (TPSA) is 44.2 Å². The molecule has 1 aliphatic heterocycles. The van der Waals surface area contributed by atoms with E-state index in [2.05, 4.69) is 38.7 Å². The van der Waals surface area contributed by atoms with Crippen LogP contribution < -0.4 is 9.47 Å². The summed E-state index contributed by atoms with van der Waals surface area (Å²) in [4.78, 5) is 9.89. The number of aromatic nitrogens is 2. The van der Waals surface area contributed by atoms with Gasteiger partial charge in [-0.15, -0.1) is 0 Å². The van der Waals surface area contributed by atoms with Gasteiger partial charge in [-0.1, -0.05) is 62.9 Å². The summed E-state index contributed by atoms with van der Waals surface area (Å²) in [5.74, 6) is 8.43. The Morgan fingerprint density at radius 3 is 2.26 bits per heavy atom. The minimum Gasteiger partial charge on any atom is -0.481 e. The van der Waals surface area contributed by atoms with Gasteiger partial charge in [0, 0.05) is 16.7 Å². The molecule has 5 rings (SSSR count). The summed E-state index contributed by atoms with van der Waals surface area (Å²) in [6, 6.07) is 21.8. The molecule has 0 saturated carbocycles. The van der Waals surface area contributed by atoms with Gasteiger partial charge in [0.05, 0.1) is 11.0 Å². The summed E-state index contributed by atoms with van der Waals surface area (Å²) >= 11 is 0. The Morgan fingerprint density at radius 1 is 0.882 bits per heavy atom. The molecule has 4 nitrogen and oxygen atoms in total. The molecular weight excluding hydrogens is 420 g/mol. The van der Waals surface area contributed by atoms with Gasteiger partial charge in [0.2, 0.25) is 0 Å². The van der Waals surface area contributed by atoms with E-state index >= 15 is 0 Å². The number of hydrogen-bond donors (Lipinski definition) is 0. The summed E-state index contributed by atoms with van der Waals surface area (Å²) < 4.78 is 12.5. The fraction of sp³-hybridized carbons (Fsp3) is 0.200. The predicted molar refractivity (Wildman–Crippen MR) is 137 cm³/mol. The first-order valence-corrected chi connectivity index (χ1v) is 11.4. The number of fused-ring (bicyclic) bond motifs is 4. The maximum absolute atomic E-state index is 6.47. The van der Waals surface area contributed by atoms with Crippen LogP contribution in [-0.2, 0) is 0 Å². The molecule has 2 heterocycles. The van der Waals surface area contributed by atoms with Crippen molar-refractivity contribution in [3.63, 3.8) is 0 Å². The molecule has 0 amide bonds. The van der Waals surface area contributed by atoms with Gasteiger partial charge in [-0.05, 0) is 54.8 Å². The Bertz CT molecular complexity index is 1470. The van der Waals surface area contributed by atoms with Crippen molar-refractivity contribution in [3.8, 4) is 34.6 Å². The average Bonchev–Trinajstić information content (AvgIpc) is 2.82. The molecule has 0 fully saturated rings. The van der Waals surface area contributed by atoms with Gasteiger partial charge in [0.15, 0.2) is 5.76 Å². The van der Waals surface area contributed by atoms with E-state index in [-0.39, 0.29) is 5.41 Å². The molecule has 1 aliphatic rings. The number of ether oxygens (including phenoxy) is 2. The molecule has 0 unspecified atom stereocenters. The Balaban J connectivity index is 1.54. The van der Waals surface area contributed by atoms with E-state index in [0.29, 0.717) is 6.61 Å². The van der Waals surface area contributed by atoms with Crippen molar-refractivity contribution < 1.29 is 9.47 Å². The number of hydrogen-bond acceptors (Lipinski definition) is 4. The van der Waals surface area contributed by atoms with Gasteiger partial charge in [-0.3, -0.25) is 0 Å². The minimum atomic E-state index is -0.0908. The van der Waals surface area contributed by atoms with Crippen LogP contribution >= 0.6 is 0 Å². The first kappa shape index (κ1) is 21.7. The van der Waals surface area contributed by atoms with Crippen molar-refractivity contribution in [2.24, 2.45) is 5.41 Å². The van der Waals surface area contributed by atoms with Crippen LogP contribution in [0.2, 0.25) is 0 Å². The molecule has 4 aromatic rings. The number of benzene rings is 3. The van der Waals surface area contributed by atoms with Crippen LogP contribution in [0.25, 0.3) is 28.0 Å². The largest absolute Gasteiger partial charge is 0.481 e. The monoisotopic (exact) mass is 446 g/mol. The van der Waals surface area contributed by atoms with Gasteiger partial charge >= 0.3 is 0 Å². The lowest BCUT2D eigenvalue weighted by Gasteiger charge is -2.26. The summed E-state index contributed by atoms with van der Waals surface area (Å²) in [5, 5.41) is 0. The highest BCUT2D eigenvalue weighted by atomic mass is 16.5. The highest BCUT2D eigenvalue weighted by Crippen LogP contribution is 2.46. The van der Waals surface area contributed by atoms with Crippen molar-refractivity contribution in [3.05, 3.63) is 89.6 Å². The van der Waals surface area contributed by atoms with Gasteiger partial charge in [0.25, 0.3) is 0 Å². The van der Waals surface area contributed by atoms with Crippen molar-refractivity contribution in [2.45, 2.75) is 27.7 Å². The maximum atomic E-state index is 6.47. The molecule has 0 saturated heterocycles. The fourth-order valence-corrected chi connectivity index (χ4v) is 3.93. The number of allylic oxidation sites excluding steroid dienone is 1. The van der Waals surface area contributed by atoms with Crippen LogP contribution in [0.1, 0.15) is 37.6 Å². The molecule has 0 N–H and O–H groups in total. The van der Waals surface area contributed by atoms with Crippen molar-refractivity contribution >= 4 is 16.8 Å². The van der Waals surface area contributed by atoms with Gasteiger partial charge in [0.1, 0.15) is 29.5 Å². The van der Waals surface area contributed by atoms with Crippen LogP contribution in [0, 0.1) is 24.2 Å². The van der Waals surface area contributed by atoms with E-state index in [9.17, 15) is 0 Å². The third kappa shape index (κ3) is 4.38. The number of rotatable bonds is 2. The molecule has 0 atom stereocenters. The van der Waals surface area contributed by atoms with Gasteiger partial charge in [-0.2, -0.15) is 0 Å². The van der Waals surface area contributed by atoms with Gasteiger partial charge in [-0.25, -0.2) is 9.97 Å². The van der Waals surface area contributed by atoms with Crippen molar-refractivity contribution in [1.82, 2.24) is 9.97 Å². The smallest absolute Gasteiger partial charge is 0.151 e. The standard InChI is InChI=1S/C30H26N2O2/c1-20-25(33-18-10-13-21-11-6-5-7-12-21)17-16-22-27-28(26(34-29(20)22)19-30(2,3)4)32-24-15-9-8-14-23(24)31-27/h5-9,11-12,14-17,19H,18H2,1-4H3/b26-19-. The second kappa shape index (κ2) is 8.68. The average molecular weight is 447 g/mol. The van der Waals surface area contributed by atoms with Crippen molar-refractivity contribution in [2.75, 3.05) is 6.61 Å². The molecule has 4 heteroatoms. The first-order chi connectivity index (χ1) is 16.4. The van der Waals surface area contributed by atoms with Crippen LogP contribution in [-0.4, -0.2) is 16.6 Å². The Hall–Kier alpha value is -4.10. The lowest BCUT2D eigenvalue weighted by molar-refractivity contribution is 0.364. The van der Waals surface area contributed by atoms with E-state index in [1.54, 1.807) is 0 Å². The van der Waals surface area contributed by atoms with E-state index in [4.69, 9.17) is 19.4 Å². The second-order valence-electron chi connectivity index (χ2n) is 9.41. The molecule has 0 radical (unpaired) electrons. The summed E-state index contributed by atoms with van der Waals surface area (Å²) in [5.41, 5.74) is 6.01. The highest BCUT2D eigenvalue weighted by molar-refractivity contribution is 5.89. The fourth-order valence-electron chi connectivity index (χ4n) is 3.93. The zero-order chi connectivity index (χ0) is 23.7. The molecule has 3 aromatic carbocycles. The predicted octanol–water partition coefficient (Wildman–Crippen LogP) is 6.82. The lowest BCUT2D eigenvalue weighted by Crippen LogP contribution is -2.13. The molecule has 0 bridgehead atoms. The van der Waals surface area contributed by atoms with Crippen LogP contribution in [0.3, 0.4) is 0 Å². The Labute approximate surface area is 200 Å². The maximum Gasteiger partial charge on any atom is 0.151 e. The van der Waals surface area contributed by atoms with E-state index in [1.807, 2.05) is 73.7 Å². The molecule has 0 aliphatic carbocycles. The number of para-hydroxylation sites is 2. The normalized spacial score (nSPS) is 13.5. The first-order valence-electron chi connectivity index (χ1n) is 11.4. The Morgan fingerprint density at radius 2 is 1.56 bits per heavy atom. The summed E-state index contributed by atoms with van der Waals surface area (Å²) in [7, 11) is 0. The quantitative estimate of drug-likeness (QED) is 0.317. The zero-order valence-corrected chi connectivity index (χ0v) is 19.8. The highest BCUT2D eigenvalue weighted by Gasteiger charge is 2.29. The minimum absolute atomic E-state index is 0.0908. The van der Waals surface area contributed by atoms with E-state index < -0.39 is 0 Å². The lowest BCUT2D eigenvalue weighted by atomic mass is 9.93. The van der Waals surface area contributed by atoms with Crippen molar-refractivity contribution in [1.29, 1.82) is 0 Å². The van der Waals surface area contributed by atoms with Gasteiger partial charge < -0.3 is 9.47 Å². The third-order valence-corrected chi connectivity index (χ3v) is 5.50. The molecular formula is C30H26N2O2. The zero-order valence-electron chi connectivity index (χ0n) is 19.8. The van der Waals surface area contributed by atoms with Crippen LogP contribution in [0.15, 0.2) is 72.8 Å². The molecule has 168 valence electrons. The summed E-state index contributed by atoms with van der Waals surface area (Å²) in [6.07, 6.45) is 2.11. The molecule has 1 aromatic heterocycles.